The summed E-state index contributed by atoms with van der Waals surface area (Å²) in [6.45, 7) is 10.2. The molecule has 4 rings (SSSR count). The Hall–Kier alpha value is -4.26. The number of nitrogens with zero attached hydrogens (tertiary/aromatic N) is 2. The van der Waals surface area contributed by atoms with E-state index >= 15 is 0 Å². The molecule has 2 heterocycles. The summed E-state index contributed by atoms with van der Waals surface area (Å²) in [7, 11) is 0. The molecule has 2 aromatic heterocycles. The SMILES string of the molecule is Cc1[nH]c(=O)c(Nc2cnccn2)cc1-c1cccc(NC(=O)c2ccc(C(C)(C)C)cc2)c1C. The van der Waals surface area contributed by atoms with E-state index in [2.05, 4.69) is 46.4 Å². The predicted molar refractivity (Wildman–Crippen MR) is 140 cm³/mol. The lowest BCUT2D eigenvalue weighted by atomic mass is 9.86. The van der Waals surface area contributed by atoms with Gasteiger partial charge in [0.25, 0.3) is 11.5 Å². The van der Waals surface area contributed by atoms with E-state index in [-0.39, 0.29) is 16.9 Å². The molecule has 3 N–H and O–H groups in total. The van der Waals surface area contributed by atoms with Crippen LogP contribution >= 0.6 is 0 Å². The minimum Gasteiger partial charge on any atom is -0.334 e. The van der Waals surface area contributed by atoms with Crippen LogP contribution in [0.3, 0.4) is 0 Å². The minimum atomic E-state index is -0.252. The van der Waals surface area contributed by atoms with Crippen molar-refractivity contribution in [1.29, 1.82) is 0 Å². The van der Waals surface area contributed by atoms with Gasteiger partial charge in [0.2, 0.25) is 0 Å². The fraction of sp³-hybridized carbons (Fsp3) is 0.214. The van der Waals surface area contributed by atoms with E-state index in [4.69, 9.17) is 0 Å². The zero-order valence-electron chi connectivity index (χ0n) is 20.6. The maximum atomic E-state index is 13.0. The van der Waals surface area contributed by atoms with Gasteiger partial charge in [-0.05, 0) is 60.2 Å². The van der Waals surface area contributed by atoms with Crippen molar-refractivity contribution in [2.45, 2.75) is 40.0 Å². The summed E-state index contributed by atoms with van der Waals surface area (Å²) in [6, 6.07) is 15.2. The summed E-state index contributed by atoms with van der Waals surface area (Å²) in [5.41, 5.74) is 5.98. The van der Waals surface area contributed by atoms with Crippen LogP contribution in [0, 0.1) is 13.8 Å². The molecule has 7 nitrogen and oxygen atoms in total. The summed E-state index contributed by atoms with van der Waals surface area (Å²) in [5.74, 6) is 0.303. The summed E-state index contributed by atoms with van der Waals surface area (Å²) in [6.07, 6.45) is 4.67. The number of H-pyrrole nitrogens is 1. The fourth-order valence-electron chi connectivity index (χ4n) is 3.88. The number of carbonyl (C=O) groups excluding carboxylic acids is 1. The van der Waals surface area contributed by atoms with Crippen molar-refractivity contribution in [1.82, 2.24) is 15.0 Å². The summed E-state index contributed by atoms with van der Waals surface area (Å²) in [5, 5.41) is 6.06. The number of carbonyl (C=O) groups is 1. The van der Waals surface area contributed by atoms with Crippen molar-refractivity contribution in [2.24, 2.45) is 0 Å². The predicted octanol–water partition coefficient (Wildman–Crippen LogP) is 5.74. The number of amides is 1. The normalized spacial score (nSPS) is 11.2. The van der Waals surface area contributed by atoms with Crippen molar-refractivity contribution in [2.75, 3.05) is 10.6 Å². The Labute approximate surface area is 204 Å². The largest absolute Gasteiger partial charge is 0.334 e. The van der Waals surface area contributed by atoms with Crippen LogP contribution in [0.2, 0.25) is 0 Å². The van der Waals surface area contributed by atoms with E-state index in [9.17, 15) is 9.59 Å². The molecule has 0 fully saturated rings. The fourth-order valence-corrected chi connectivity index (χ4v) is 3.88. The second-order valence-electron chi connectivity index (χ2n) is 9.53. The van der Waals surface area contributed by atoms with E-state index in [1.165, 1.54) is 5.56 Å². The van der Waals surface area contributed by atoms with Crippen molar-refractivity contribution < 1.29 is 4.79 Å². The Morgan fingerprint density at radius 2 is 1.69 bits per heavy atom. The molecule has 0 saturated carbocycles. The van der Waals surface area contributed by atoms with E-state index in [0.29, 0.717) is 22.8 Å². The lowest BCUT2D eigenvalue weighted by Gasteiger charge is -2.19. The number of aromatic amines is 1. The molecule has 0 unspecified atom stereocenters. The molecule has 0 aliphatic rings. The van der Waals surface area contributed by atoms with Crippen molar-refractivity contribution in [3.05, 3.63) is 99.9 Å². The molecular formula is C28H29N5O2. The third-order valence-corrected chi connectivity index (χ3v) is 5.95. The van der Waals surface area contributed by atoms with Gasteiger partial charge in [0.1, 0.15) is 11.5 Å². The molecule has 2 aromatic carbocycles. The average molecular weight is 468 g/mol. The quantitative estimate of drug-likeness (QED) is 0.347. The summed E-state index contributed by atoms with van der Waals surface area (Å²) < 4.78 is 0. The van der Waals surface area contributed by atoms with E-state index in [1.807, 2.05) is 56.3 Å². The van der Waals surface area contributed by atoms with Crippen LogP contribution < -0.4 is 16.2 Å². The molecule has 4 aromatic rings. The Bertz CT molecular complexity index is 1420. The highest BCUT2D eigenvalue weighted by molar-refractivity contribution is 6.05. The number of nitrogens with one attached hydrogen (secondary N) is 3. The first kappa shape index (κ1) is 23.9. The number of hydrogen-bond donors (Lipinski definition) is 3. The topological polar surface area (TPSA) is 99.8 Å². The number of aromatic nitrogens is 3. The summed E-state index contributed by atoms with van der Waals surface area (Å²) in [4.78, 5) is 36.6. The van der Waals surface area contributed by atoms with Crippen LogP contribution in [0.1, 0.15) is 48.0 Å². The van der Waals surface area contributed by atoms with Gasteiger partial charge in [0, 0.05) is 34.9 Å². The average Bonchev–Trinajstić information content (AvgIpc) is 2.82. The second kappa shape index (κ2) is 9.54. The Balaban J connectivity index is 1.63. The number of hydrogen-bond acceptors (Lipinski definition) is 5. The molecule has 0 bridgehead atoms. The van der Waals surface area contributed by atoms with Gasteiger partial charge < -0.3 is 15.6 Å². The first-order valence-electron chi connectivity index (χ1n) is 11.4. The molecule has 178 valence electrons. The maximum absolute atomic E-state index is 13.0. The maximum Gasteiger partial charge on any atom is 0.271 e. The number of aryl methyl sites for hydroxylation is 1. The highest BCUT2D eigenvalue weighted by Crippen LogP contribution is 2.31. The minimum absolute atomic E-state index is 0.0231. The number of benzene rings is 2. The van der Waals surface area contributed by atoms with Crippen LogP contribution in [0.25, 0.3) is 11.1 Å². The third kappa shape index (κ3) is 5.30. The highest BCUT2D eigenvalue weighted by Gasteiger charge is 2.16. The number of anilines is 3. The van der Waals surface area contributed by atoms with Gasteiger partial charge >= 0.3 is 0 Å². The lowest BCUT2D eigenvalue weighted by molar-refractivity contribution is 0.102. The van der Waals surface area contributed by atoms with E-state index in [0.717, 1.165) is 22.4 Å². The molecule has 35 heavy (non-hydrogen) atoms. The van der Waals surface area contributed by atoms with E-state index in [1.54, 1.807) is 24.7 Å². The van der Waals surface area contributed by atoms with Crippen molar-refractivity contribution >= 4 is 23.1 Å². The van der Waals surface area contributed by atoms with Gasteiger partial charge in [-0.15, -0.1) is 0 Å². The van der Waals surface area contributed by atoms with Gasteiger partial charge in [-0.3, -0.25) is 14.6 Å². The van der Waals surface area contributed by atoms with Gasteiger partial charge in [0.05, 0.1) is 6.20 Å². The first-order valence-corrected chi connectivity index (χ1v) is 11.4. The molecular weight excluding hydrogens is 438 g/mol. The highest BCUT2D eigenvalue weighted by atomic mass is 16.1. The molecule has 0 aliphatic carbocycles. The molecule has 0 aliphatic heterocycles. The molecule has 0 radical (unpaired) electrons. The molecule has 1 amide bonds. The van der Waals surface area contributed by atoms with Crippen molar-refractivity contribution in [3.8, 4) is 11.1 Å². The van der Waals surface area contributed by atoms with Crippen LogP contribution in [0.5, 0.6) is 0 Å². The summed E-state index contributed by atoms with van der Waals surface area (Å²) >= 11 is 0. The number of rotatable bonds is 5. The first-order chi connectivity index (χ1) is 16.6. The second-order valence-corrected chi connectivity index (χ2v) is 9.53. The van der Waals surface area contributed by atoms with Gasteiger partial charge in [0.15, 0.2) is 0 Å². The Morgan fingerprint density at radius 3 is 2.34 bits per heavy atom. The molecule has 7 heteroatoms. The monoisotopic (exact) mass is 467 g/mol. The molecule has 0 atom stereocenters. The van der Waals surface area contributed by atoms with Crippen molar-refractivity contribution in [3.63, 3.8) is 0 Å². The lowest BCUT2D eigenvalue weighted by Crippen LogP contribution is -2.15. The van der Waals surface area contributed by atoms with E-state index < -0.39 is 0 Å². The van der Waals surface area contributed by atoms with Crippen LogP contribution in [0.15, 0.2) is 71.9 Å². The Morgan fingerprint density at radius 1 is 0.943 bits per heavy atom. The number of pyridine rings is 1. The zero-order chi connectivity index (χ0) is 25.2. The van der Waals surface area contributed by atoms with Crippen LogP contribution in [-0.2, 0) is 5.41 Å². The Kier molecular flexibility index (Phi) is 6.51. The van der Waals surface area contributed by atoms with Crippen LogP contribution in [0.4, 0.5) is 17.2 Å². The smallest absolute Gasteiger partial charge is 0.271 e. The molecule has 0 spiro atoms. The van der Waals surface area contributed by atoms with Gasteiger partial charge in [-0.1, -0.05) is 45.0 Å². The third-order valence-electron chi connectivity index (χ3n) is 5.95. The standard InChI is InChI=1S/C28H29N5O2/c1-17-21(22-15-24(27(35)31-18(22)2)32-25-16-29-13-14-30-25)7-6-8-23(17)33-26(34)19-9-11-20(12-10-19)28(3,4)5/h6-16H,1-5H3,(H,30,32)(H,31,35)(H,33,34). The molecule has 0 saturated heterocycles. The van der Waals surface area contributed by atoms with Gasteiger partial charge in [-0.25, -0.2) is 4.98 Å². The zero-order valence-corrected chi connectivity index (χ0v) is 20.6. The van der Waals surface area contributed by atoms with Crippen LogP contribution in [-0.4, -0.2) is 20.9 Å². The van der Waals surface area contributed by atoms with Gasteiger partial charge in [-0.2, -0.15) is 0 Å².